The van der Waals surface area contributed by atoms with Crippen molar-refractivity contribution in [2.45, 2.75) is 12.8 Å². The van der Waals surface area contributed by atoms with E-state index >= 15 is 0 Å². The van der Waals surface area contributed by atoms with Gasteiger partial charge in [0.1, 0.15) is 5.15 Å². The number of nitrogen functional groups attached to an aromatic ring is 1. The predicted molar refractivity (Wildman–Crippen MR) is 65.3 cm³/mol. The lowest BCUT2D eigenvalue weighted by molar-refractivity contribution is 0.936. The first-order chi connectivity index (χ1) is 7.75. The minimum atomic E-state index is 0.216. The van der Waals surface area contributed by atoms with Crippen molar-refractivity contribution in [2.24, 2.45) is 0 Å². The van der Waals surface area contributed by atoms with Crippen LogP contribution >= 0.6 is 11.6 Å². The smallest absolute Gasteiger partial charge is 0.221 e. The lowest BCUT2D eigenvalue weighted by Gasteiger charge is -2.03. The van der Waals surface area contributed by atoms with E-state index in [0.29, 0.717) is 5.15 Å². The summed E-state index contributed by atoms with van der Waals surface area (Å²) in [6, 6.07) is 10.2. The van der Waals surface area contributed by atoms with Crippen LogP contribution < -0.4 is 5.73 Å². The van der Waals surface area contributed by atoms with Crippen molar-refractivity contribution < 1.29 is 0 Å². The Labute approximate surface area is 99.3 Å². The third-order valence-corrected chi connectivity index (χ3v) is 2.68. The predicted octanol–water partition coefficient (Wildman–Crippen LogP) is 2.50. The molecule has 2 N–H and O–H groups in total. The summed E-state index contributed by atoms with van der Waals surface area (Å²) in [5.74, 6) is 0.216. The number of rotatable bonds is 3. The van der Waals surface area contributed by atoms with Crippen molar-refractivity contribution in [3.05, 3.63) is 52.8 Å². The van der Waals surface area contributed by atoms with Gasteiger partial charge in [-0.25, -0.2) is 9.97 Å². The van der Waals surface area contributed by atoms with E-state index in [2.05, 4.69) is 22.1 Å². The number of aromatic nitrogens is 2. The molecule has 0 atom stereocenters. The Morgan fingerprint density at radius 3 is 2.56 bits per heavy atom. The van der Waals surface area contributed by atoms with Gasteiger partial charge in [-0.05, 0) is 18.4 Å². The maximum Gasteiger partial charge on any atom is 0.221 e. The molecule has 16 heavy (non-hydrogen) atoms. The van der Waals surface area contributed by atoms with Crippen LogP contribution in [0.15, 0.2) is 36.5 Å². The second-order valence-electron chi connectivity index (χ2n) is 3.53. The van der Waals surface area contributed by atoms with Gasteiger partial charge in [0.2, 0.25) is 5.95 Å². The monoisotopic (exact) mass is 233 g/mol. The normalized spacial score (nSPS) is 10.3. The molecule has 0 unspecified atom stereocenters. The number of nitrogens with zero attached hydrogens (tertiary/aromatic N) is 2. The molecule has 3 nitrogen and oxygen atoms in total. The lowest BCUT2D eigenvalue weighted by Crippen LogP contribution is -1.99. The second kappa shape index (κ2) is 4.94. The highest BCUT2D eigenvalue weighted by Gasteiger charge is 2.03. The van der Waals surface area contributed by atoms with E-state index in [1.165, 1.54) is 5.56 Å². The molecule has 0 radical (unpaired) electrons. The van der Waals surface area contributed by atoms with Gasteiger partial charge in [0.15, 0.2) is 0 Å². The fraction of sp³-hybridized carbons (Fsp3) is 0.167. The molecule has 82 valence electrons. The third kappa shape index (κ3) is 2.70. The van der Waals surface area contributed by atoms with Crippen LogP contribution in [0.25, 0.3) is 0 Å². The van der Waals surface area contributed by atoms with E-state index in [1.807, 2.05) is 18.2 Å². The summed E-state index contributed by atoms with van der Waals surface area (Å²) < 4.78 is 0. The van der Waals surface area contributed by atoms with Crippen LogP contribution in [0, 0.1) is 0 Å². The molecule has 1 heterocycles. The van der Waals surface area contributed by atoms with Crippen LogP contribution in [-0.2, 0) is 12.8 Å². The summed E-state index contributed by atoms with van der Waals surface area (Å²) >= 11 is 5.96. The highest BCUT2D eigenvalue weighted by Crippen LogP contribution is 2.15. The standard InChI is InChI=1S/C12H12ClN3/c13-11-10(8-15-12(14)16-11)7-6-9-4-2-1-3-5-9/h1-5,8H,6-7H2,(H2,14,15,16). The van der Waals surface area contributed by atoms with Crippen molar-refractivity contribution in [3.8, 4) is 0 Å². The fourth-order valence-corrected chi connectivity index (χ4v) is 1.72. The number of hydrogen-bond donors (Lipinski definition) is 1. The van der Waals surface area contributed by atoms with Crippen molar-refractivity contribution in [1.29, 1.82) is 0 Å². The maximum atomic E-state index is 5.96. The van der Waals surface area contributed by atoms with Gasteiger partial charge in [0, 0.05) is 11.8 Å². The van der Waals surface area contributed by atoms with E-state index in [0.717, 1.165) is 18.4 Å². The molecule has 2 rings (SSSR count). The zero-order valence-corrected chi connectivity index (χ0v) is 9.48. The lowest BCUT2D eigenvalue weighted by atomic mass is 10.1. The quantitative estimate of drug-likeness (QED) is 0.829. The molecule has 0 saturated carbocycles. The average Bonchev–Trinajstić information content (AvgIpc) is 2.29. The SMILES string of the molecule is Nc1ncc(CCc2ccccc2)c(Cl)n1. The van der Waals surface area contributed by atoms with E-state index in [9.17, 15) is 0 Å². The molecule has 4 heteroatoms. The number of benzene rings is 1. The van der Waals surface area contributed by atoms with Crippen molar-refractivity contribution in [2.75, 3.05) is 5.73 Å². The number of aryl methyl sites for hydroxylation is 2. The summed E-state index contributed by atoms with van der Waals surface area (Å²) in [6.07, 6.45) is 3.44. The maximum absolute atomic E-state index is 5.96. The van der Waals surface area contributed by atoms with Crippen molar-refractivity contribution >= 4 is 17.5 Å². The van der Waals surface area contributed by atoms with Gasteiger partial charge in [-0.2, -0.15) is 0 Å². The molecule has 0 aliphatic heterocycles. The minimum Gasteiger partial charge on any atom is -0.368 e. The van der Waals surface area contributed by atoms with Gasteiger partial charge < -0.3 is 5.73 Å². The molecule has 0 aliphatic carbocycles. The molecule has 2 aromatic rings. The molecule has 1 aromatic carbocycles. The van der Waals surface area contributed by atoms with Gasteiger partial charge >= 0.3 is 0 Å². The van der Waals surface area contributed by atoms with Gasteiger partial charge in [-0.3, -0.25) is 0 Å². The number of halogens is 1. The van der Waals surface area contributed by atoms with Crippen LogP contribution in [0.3, 0.4) is 0 Å². The summed E-state index contributed by atoms with van der Waals surface area (Å²) in [6.45, 7) is 0. The van der Waals surface area contributed by atoms with Crippen LogP contribution in [0.1, 0.15) is 11.1 Å². The van der Waals surface area contributed by atoms with Crippen molar-refractivity contribution in [1.82, 2.24) is 9.97 Å². The Hall–Kier alpha value is -1.61. The number of nitrogens with two attached hydrogens (primary N) is 1. The van der Waals surface area contributed by atoms with E-state index in [1.54, 1.807) is 6.20 Å². The first kappa shape index (κ1) is 10.9. The molecular weight excluding hydrogens is 222 g/mol. The Morgan fingerprint density at radius 1 is 1.12 bits per heavy atom. The summed E-state index contributed by atoms with van der Waals surface area (Å²) in [7, 11) is 0. The zero-order chi connectivity index (χ0) is 11.4. The molecule has 0 spiro atoms. The molecular formula is C12H12ClN3. The molecule has 0 saturated heterocycles. The molecule has 0 amide bonds. The fourth-order valence-electron chi connectivity index (χ4n) is 1.49. The van der Waals surface area contributed by atoms with E-state index in [-0.39, 0.29) is 5.95 Å². The topological polar surface area (TPSA) is 51.8 Å². The summed E-state index contributed by atoms with van der Waals surface area (Å²) in [5, 5.41) is 0.448. The van der Waals surface area contributed by atoms with Crippen LogP contribution in [-0.4, -0.2) is 9.97 Å². The summed E-state index contributed by atoms with van der Waals surface area (Å²) in [4.78, 5) is 7.85. The number of hydrogen-bond acceptors (Lipinski definition) is 3. The summed E-state index contributed by atoms with van der Waals surface area (Å²) in [5.41, 5.74) is 7.63. The number of anilines is 1. The van der Waals surface area contributed by atoms with Crippen LogP contribution in [0.2, 0.25) is 5.15 Å². The Bertz CT molecular complexity index is 471. The van der Waals surface area contributed by atoms with Crippen LogP contribution in [0.5, 0.6) is 0 Å². The van der Waals surface area contributed by atoms with Crippen molar-refractivity contribution in [3.63, 3.8) is 0 Å². The second-order valence-corrected chi connectivity index (χ2v) is 3.89. The van der Waals surface area contributed by atoms with Gasteiger partial charge in [-0.1, -0.05) is 41.9 Å². The van der Waals surface area contributed by atoms with Gasteiger partial charge in [0.05, 0.1) is 0 Å². The first-order valence-corrected chi connectivity index (χ1v) is 5.44. The molecule has 1 aromatic heterocycles. The van der Waals surface area contributed by atoms with Gasteiger partial charge in [0.25, 0.3) is 0 Å². The Kier molecular flexibility index (Phi) is 3.37. The Morgan fingerprint density at radius 2 is 1.88 bits per heavy atom. The molecule has 0 aliphatic rings. The molecule has 0 fully saturated rings. The van der Waals surface area contributed by atoms with E-state index in [4.69, 9.17) is 17.3 Å². The highest BCUT2D eigenvalue weighted by molar-refractivity contribution is 6.30. The van der Waals surface area contributed by atoms with Gasteiger partial charge in [-0.15, -0.1) is 0 Å². The largest absolute Gasteiger partial charge is 0.368 e. The Balaban J connectivity index is 2.05. The van der Waals surface area contributed by atoms with Crippen LogP contribution in [0.4, 0.5) is 5.95 Å². The van der Waals surface area contributed by atoms with E-state index < -0.39 is 0 Å². The molecule has 0 bridgehead atoms. The zero-order valence-electron chi connectivity index (χ0n) is 8.73. The first-order valence-electron chi connectivity index (χ1n) is 5.06. The highest BCUT2D eigenvalue weighted by atomic mass is 35.5. The third-order valence-electron chi connectivity index (χ3n) is 2.36. The minimum absolute atomic E-state index is 0.216. The average molecular weight is 234 g/mol.